The van der Waals surface area contributed by atoms with Crippen molar-refractivity contribution in [3.63, 3.8) is 0 Å². The number of benzene rings is 1. The van der Waals surface area contributed by atoms with E-state index in [-0.39, 0.29) is 17.2 Å². The van der Waals surface area contributed by atoms with Crippen LogP contribution in [0.5, 0.6) is 0 Å². The zero-order valence-corrected chi connectivity index (χ0v) is 18.2. The molecule has 0 atom stereocenters. The van der Waals surface area contributed by atoms with Gasteiger partial charge < -0.3 is 15.0 Å². The van der Waals surface area contributed by atoms with E-state index < -0.39 is 5.60 Å². The molecule has 1 N–H and O–H groups in total. The summed E-state index contributed by atoms with van der Waals surface area (Å²) < 4.78 is 6.11. The van der Waals surface area contributed by atoms with Gasteiger partial charge in [-0.15, -0.1) is 4.91 Å². The number of ether oxygens (including phenoxy) is 1. The summed E-state index contributed by atoms with van der Waals surface area (Å²) in [6.45, 7) is 10.5. The number of amides is 1. The van der Waals surface area contributed by atoms with Gasteiger partial charge in [-0.05, 0) is 66.1 Å². The first-order valence-corrected chi connectivity index (χ1v) is 9.21. The summed E-state index contributed by atoms with van der Waals surface area (Å²) in [6.07, 6.45) is -0.381. The smallest absolute Gasteiger partial charge is 0.410 e. The van der Waals surface area contributed by atoms with Crippen LogP contribution >= 0.6 is 22.6 Å². The van der Waals surface area contributed by atoms with Crippen LogP contribution in [-0.2, 0) is 4.74 Å². The molecule has 1 aromatic carbocycles. The molecule has 0 aromatic heterocycles. The van der Waals surface area contributed by atoms with E-state index in [1.54, 1.807) is 13.1 Å². The van der Waals surface area contributed by atoms with Crippen molar-refractivity contribution in [1.82, 2.24) is 4.90 Å². The minimum absolute atomic E-state index is 0.199. The SMILES string of the molecule is CN(CC(C)(C)CNc1c(I)cc(C#N)cc1N=O)C(=O)OC(C)(C)C. The van der Waals surface area contributed by atoms with Gasteiger partial charge in [-0.1, -0.05) is 13.8 Å². The minimum atomic E-state index is -0.545. The molecule has 0 heterocycles. The lowest BCUT2D eigenvalue weighted by atomic mass is 9.92. The van der Waals surface area contributed by atoms with Crippen molar-refractivity contribution in [3.8, 4) is 6.07 Å². The van der Waals surface area contributed by atoms with Gasteiger partial charge in [-0.25, -0.2) is 4.79 Å². The summed E-state index contributed by atoms with van der Waals surface area (Å²) in [6, 6.07) is 5.16. The largest absolute Gasteiger partial charge is 0.444 e. The molecule has 8 heteroatoms. The van der Waals surface area contributed by atoms with Crippen molar-refractivity contribution < 1.29 is 9.53 Å². The van der Waals surface area contributed by atoms with Gasteiger partial charge in [0.05, 0.1) is 17.3 Å². The highest BCUT2D eigenvalue weighted by molar-refractivity contribution is 14.1. The third-order valence-electron chi connectivity index (χ3n) is 3.41. The predicted octanol–water partition coefficient (Wildman–Crippen LogP) is 4.87. The molecule has 0 aliphatic carbocycles. The van der Waals surface area contributed by atoms with Crippen LogP contribution in [0.15, 0.2) is 17.3 Å². The molecule has 1 aromatic rings. The Morgan fingerprint density at radius 2 is 1.96 bits per heavy atom. The fourth-order valence-corrected chi connectivity index (χ4v) is 3.14. The van der Waals surface area contributed by atoms with Crippen molar-refractivity contribution in [2.45, 2.75) is 40.2 Å². The van der Waals surface area contributed by atoms with Crippen molar-refractivity contribution >= 4 is 40.1 Å². The lowest BCUT2D eigenvalue weighted by molar-refractivity contribution is 0.0243. The van der Waals surface area contributed by atoms with Crippen molar-refractivity contribution in [1.29, 1.82) is 5.26 Å². The zero-order chi connectivity index (χ0) is 20.1. The molecule has 0 fully saturated rings. The Morgan fingerprint density at radius 1 is 1.35 bits per heavy atom. The van der Waals surface area contributed by atoms with Crippen LogP contribution < -0.4 is 5.32 Å². The van der Waals surface area contributed by atoms with E-state index in [0.717, 1.165) is 3.57 Å². The predicted molar refractivity (Wildman–Crippen MR) is 110 cm³/mol. The third kappa shape index (κ3) is 6.78. The maximum absolute atomic E-state index is 12.1. The zero-order valence-electron chi connectivity index (χ0n) is 16.0. The monoisotopic (exact) mass is 472 g/mol. The average Bonchev–Trinajstić information content (AvgIpc) is 2.50. The molecule has 0 radical (unpaired) electrons. The van der Waals surface area contributed by atoms with Gasteiger partial charge in [0, 0.05) is 23.7 Å². The number of carbonyl (C=O) groups excluding carboxylic acids is 1. The molecular formula is C18H25IN4O3. The molecular weight excluding hydrogens is 447 g/mol. The van der Waals surface area contributed by atoms with Gasteiger partial charge in [0.25, 0.3) is 0 Å². The second-order valence-electron chi connectivity index (χ2n) is 7.91. The van der Waals surface area contributed by atoms with Gasteiger partial charge in [0.1, 0.15) is 11.3 Å². The molecule has 0 spiro atoms. The number of nitrogens with zero attached hydrogens (tertiary/aromatic N) is 3. The number of rotatable bonds is 6. The van der Waals surface area contributed by atoms with E-state index in [4.69, 9.17) is 10.00 Å². The minimum Gasteiger partial charge on any atom is -0.444 e. The van der Waals surface area contributed by atoms with Crippen LogP contribution in [0.2, 0.25) is 0 Å². The van der Waals surface area contributed by atoms with Gasteiger partial charge in [-0.2, -0.15) is 5.26 Å². The fraction of sp³-hybridized carbons (Fsp3) is 0.556. The van der Waals surface area contributed by atoms with Gasteiger partial charge >= 0.3 is 6.09 Å². The highest BCUT2D eigenvalue weighted by Gasteiger charge is 2.26. The third-order valence-corrected chi connectivity index (χ3v) is 4.26. The second-order valence-corrected chi connectivity index (χ2v) is 9.07. The number of nitrogens with one attached hydrogen (secondary N) is 1. The Labute approximate surface area is 168 Å². The van der Waals surface area contributed by atoms with Crippen LogP contribution in [-0.4, -0.2) is 36.7 Å². The first kappa shape index (κ1) is 22.2. The standard InChI is InChI=1S/C18H25IN4O3/c1-17(2,3)26-16(24)23(6)11-18(4,5)10-21-15-13(19)7-12(9-20)8-14(15)22-25/h7-8,21H,10-11H2,1-6H3. The molecule has 0 unspecified atom stereocenters. The van der Waals surface area contributed by atoms with E-state index in [0.29, 0.717) is 24.3 Å². The summed E-state index contributed by atoms with van der Waals surface area (Å²) in [4.78, 5) is 24.8. The summed E-state index contributed by atoms with van der Waals surface area (Å²) in [5.74, 6) is 0. The van der Waals surface area contributed by atoms with Crippen molar-refractivity contribution in [2.75, 3.05) is 25.5 Å². The lowest BCUT2D eigenvalue weighted by Gasteiger charge is -2.32. The van der Waals surface area contributed by atoms with Crippen molar-refractivity contribution in [3.05, 3.63) is 26.2 Å². The highest BCUT2D eigenvalue weighted by atomic mass is 127. The molecule has 0 aliphatic heterocycles. The normalized spacial score (nSPS) is 11.5. The topological polar surface area (TPSA) is 94.8 Å². The highest BCUT2D eigenvalue weighted by Crippen LogP contribution is 2.32. The number of hydrogen-bond acceptors (Lipinski definition) is 6. The van der Waals surface area contributed by atoms with E-state index in [9.17, 15) is 9.70 Å². The Bertz CT molecular complexity index is 720. The summed E-state index contributed by atoms with van der Waals surface area (Å²) in [5.41, 5.74) is 0.343. The van der Waals surface area contributed by atoms with E-state index >= 15 is 0 Å². The molecule has 7 nitrogen and oxygen atoms in total. The van der Waals surface area contributed by atoms with Crippen LogP contribution in [0.4, 0.5) is 16.2 Å². The number of halogens is 1. The number of nitroso groups, excluding NO2 is 1. The first-order valence-electron chi connectivity index (χ1n) is 8.13. The molecule has 0 bridgehead atoms. The fourth-order valence-electron chi connectivity index (χ4n) is 2.33. The Hall–Kier alpha value is -1.89. The van der Waals surface area contributed by atoms with Crippen molar-refractivity contribution in [2.24, 2.45) is 10.6 Å². The first-order chi connectivity index (χ1) is 11.9. The van der Waals surface area contributed by atoms with Gasteiger partial charge in [-0.3, -0.25) is 0 Å². The lowest BCUT2D eigenvalue weighted by Crippen LogP contribution is -2.41. The Morgan fingerprint density at radius 3 is 2.46 bits per heavy atom. The van der Waals surface area contributed by atoms with Crippen LogP contribution in [0.3, 0.4) is 0 Å². The maximum atomic E-state index is 12.1. The number of anilines is 1. The Balaban J connectivity index is 2.81. The molecule has 0 saturated heterocycles. The van der Waals surface area contributed by atoms with Crippen LogP contribution in [0.25, 0.3) is 0 Å². The van der Waals surface area contributed by atoms with Crippen LogP contribution in [0, 0.1) is 25.2 Å². The number of nitriles is 1. The van der Waals surface area contributed by atoms with E-state index in [2.05, 4.69) is 33.1 Å². The molecule has 1 amide bonds. The summed E-state index contributed by atoms with van der Waals surface area (Å²) in [5, 5.41) is 15.2. The van der Waals surface area contributed by atoms with E-state index in [1.807, 2.05) is 40.7 Å². The summed E-state index contributed by atoms with van der Waals surface area (Å²) >= 11 is 2.06. The number of carbonyl (C=O) groups is 1. The number of hydrogen-bond donors (Lipinski definition) is 1. The van der Waals surface area contributed by atoms with Gasteiger partial charge in [0.2, 0.25) is 0 Å². The van der Waals surface area contributed by atoms with Gasteiger partial charge in [0.15, 0.2) is 0 Å². The molecule has 26 heavy (non-hydrogen) atoms. The van der Waals surface area contributed by atoms with E-state index in [1.165, 1.54) is 11.0 Å². The molecule has 142 valence electrons. The van der Waals surface area contributed by atoms with Crippen LogP contribution in [0.1, 0.15) is 40.2 Å². The quantitative estimate of drug-likeness (QED) is 0.471. The maximum Gasteiger partial charge on any atom is 0.410 e. The second kappa shape index (κ2) is 8.66. The molecule has 1 rings (SSSR count). The molecule has 0 aliphatic rings. The molecule has 0 saturated carbocycles. The average molecular weight is 472 g/mol. The Kier molecular flexibility index (Phi) is 7.38. The summed E-state index contributed by atoms with van der Waals surface area (Å²) in [7, 11) is 1.69.